The summed E-state index contributed by atoms with van der Waals surface area (Å²) in [4.78, 5) is 0. The molecule has 16 rings (SSSR count). The van der Waals surface area contributed by atoms with E-state index in [2.05, 4.69) is 258 Å². The van der Waals surface area contributed by atoms with Crippen molar-refractivity contribution in [2.45, 2.75) is 38.5 Å². The van der Waals surface area contributed by atoms with Crippen LogP contribution in [0.3, 0.4) is 0 Å². The molecular weight excluding hydrogens is 889 g/mol. The first-order valence-corrected chi connectivity index (χ1v) is 26.3. The first kappa shape index (κ1) is 41.7. The van der Waals surface area contributed by atoms with Crippen LogP contribution in [0.4, 0.5) is 0 Å². The maximum Gasteiger partial charge on any atom is 0.0159 e. The molecule has 0 amide bonds. The molecule has 74 heavy (non-hydrogen) atoms. The van der Waals surface area contributed by atoms with Crippen molar-refractivity contribution in [2.75, 3.05) is 0 Å². The number of hydrogen-bond donors (Lipinski definition) is 0. The van der Waals surface area contributed by atoms with Crippen LogP contribution in [0.2, 0.25) is 0 Å². The second-order valence-corrected chi connectivity index (χ2v) is 22.4. The van der Waals surface area contributed by atoms with Gasteiger partial charge in [0.15, 0.2) is 0 Å². The Bertz CT molecular complexity index is 4340. The third kappa shape index (κ3) is 5.80. The molecule has 0 bridgehead atoms. The molecule has 14 aromatic rings. The van der Waals surface area contributed by atoms with Gasteiger partial charge in [-0.25, -0.2) is 0 Å². The van der Waals surface area contributed by atoms with Crippen LogP contribution in [-0.2, 0) is 10.8 Å². The van der Waals surface area contributed by atoms with Crippen LogP contribution in [-0.4, -0.2) is 0 Å². The van der Waals surface area contributed by atoms with Crippen molar-refractivity contribution in [1.29, 1.82) is 0 Å². The van der Waals surface area contributed by atoms with Gasteiger partial charge in [-0.1, -0.05) is 234 Å². The lowest BCUT2D eigenvalue weighted by Crippen LogP contribution is -2.15. The zero-order chi connectivity index (χ0) is 49.2. The molecule has 346 valence electrons. The van der Waals surface area contributed by atoms with Gasteiger partial charge in [0.2, 0.25) is 0 Å². The van der Waals surface area contributed by atoms with Crippen LogP contribution in [0.15, 0.2) is 231 Å². The van der Waals surface area contributed by atoms with Crippen LogP contribution in [0, 0.1) is 0 Å². The van der Waals surface area contributed by atoms with Crippen molar-refractivity contribution in [3.8, 4) is 77.9 Å². The Morgan fingerprint density at radius 3 is 0.784 bits per heavy atom. The number of fused-ring (bicyclic) bond motifs is 6. The Labute approximate surface area is 431 Å². The summed E-state index contributed by atoms with van der Waals surface area (Å²) in [5.41, 5.74) is 23.2. The van der Waals surface area contributed by atoms with Crippen LogP contribution in [0.25, 0.3) is 143 Å². The van der Waals surface area contributed by atoms with E-state index in [1.165, 1.54) is 165 Å². The monoisotopic (exact) mass is 938 g/mol. The van der Waals surface area contributed by atoms with Crippen molar-refractivity contribution in [1.82, 2.24) is 0 Å². The molecule has 0 heterocycles. The highest BCUT2D eigenvalue weighted by Gasteiger charge is 2.38. The third-order valence-corrected chi connectivity index (χ3v) is 17.8. The van der Waals surface area contributed by atoms with Gasteiger partial charge in [-0.2, -0.15) is 0 Å². The highest BCUT2D eigenvalue weighted by atomic mass is 14.4. The lowest BCUT2D eigenvalue weighted by Gasteiger charge is -2.24. The molecule has 2 aliphatic carbocycles. The molecule has 0 radical (unpaired) electrons. The molecule has 0 spiro atoms. The molecule has 0 atom stereocenters. The molecule has 0 nitrogen and oxygen atoms in total. The number of benzene rings is 14. The largest absolute Gasteiger partial charge is 0.0610 e. The fourth-order valence-corrected chi connectivity index (χ4v) is 13.9. The van der Waals surface area contributed by atoms with Gasteiger partial charge in [0, 0.05) is 10.8 Å². The van der Waals surface area contributed by atoms with Crippen molar-refractivity contribution in [3.63, 3.8) is 0 Å². The molecule has 0 saturated heterocycles. The van der Waals surface area contributed by atoms with E-state index in [1.54, 1.807) is 0 Å². The van der Waals surface area contributed by atoms with E-state index in [4.69, 9.17) is 0 Å². The van der Waals surface area contributed by atoms with E-state index in [0.29, 0.717) is 0 Å². The van der Waals surface area contributed by atoms with Crippen LogP contribution < -0.4 is 0 Å². The van der Waals surface area contributed by atoms with Gasteiger partial charge in [-0.3, -0.25) is 0 Å². The quantitative estimate of drug-likeness (QED) is 0.151. The zero-order valence-electron chi connectivity index (χ0n) is 41.9. The Morgan fingerprint density at radius 1 is 0.203 bits per heavy atom. The van der Waals surface area contributed by atoms with Gasteiger partial charge in [-0.05, 0) is 189 Å². The van der Waals surface area contributed by atoms with E-state index in [1.807, 2.05) is 0 Å². The van der Waals surface area contributed by atoms with E-state index in [-0.39, 0.29) is 10.8 Å². The zero-order valence-corrected chi connectivity index (χ0v) is 41.9. The Kier molecular flexibility index (Phi) is 8.39. The predicted octanol–water partition coefficient (Wildman–Crippen LogP) is 20.4. The summed E-state index contributed by atoms with van der Waals surface area (Å²) < 4.78 is 0. The first-order chi connectivity index (χ1) is 36.2. The van der Waals surface area contributed by atoms with Crippen LogP contribution in [0.5, 0.6) is 0 Å². The van der Waals surface area contributed by atoms with E-state index in [9.17, 15) is 0 Å². The summed E-state index contributed by atoms with van der Waals surface area (Å²) in [6.07, 6.45) is 0. The smallest absolute Gasteiger partial charge is 0.0159 e. The Balaban J connectivity index is 0.677. The second kappa shape index (κ2) is 14.9. The maximum absolute atomic E-state index is 2.47. The minimum absolute atomic E-state index is 0.152. The SMILES string of the molecule is CC1(C)c2cc(-c3ccc(-c4ccc5ccc6cccc7ccc4c5c67)cc3)ccc2-c2ccc(-c3ccc4c(c3)C(C)(C)c3cc(-c5ccc(-c6ccc7ccc8cccc9ccc6c7c89)cc5)ccc3-4)cc21. The van der Waals surface area contributed by atoms with Crippen molar-refractivity contribution < 1.29 is 0 Å². The molecule has 0 aliphatic heterocycles. The molecule has 14 aromatic carbocycles. The molecule has 0 unspecified atom stereocenters. The lowest BCUT2D eigenvalue weighted by molar-refractivity contribution is 0.660. The molecule has 2 aliphatic rings. The van der Waals surface area contributed by atoms with Crippen molar-refractivity contribution in [3.05, 3.63) is 253 Å². The normalized spacial score (nSPS) is 14.2. The highest BCUT2D eigenvalue weighted by Crippen LogP contribution is 2.54. The highest BCUT2D eigenvalue weighted by molar-refractivity contribution is 6.26. The van der Waals surface area contributed by atoms with Crippen molar-refractivity contribution >= 4 is 64.6 Å². The molecule has 0 N–H and O–H groups in total. The molecule has 0 aromatic heterocycles. The van der Waals surface area contributed by atoms with Gasteiger partial charge in [-0.15, -0.1) is 0 Å². The van der Waals surface area contributed by atoms with Gasteiger partial charge in [0.05, 0.1) is 0 Å². The van der Waals surface area contributed by atoms with E-state index in [0.717, 1.165) is 0 Å². The van der Waals surface area contributed by atoms with Crippen LogP contribution >= 0.6 is 0 Å². The number of rotatable bonds is 5. The molecule has 0 saturated carbocycles. The molecule has 0 fully saturated rings. The lowest BCUT2D eigenvalue weighted by atomic mass is 9.79. The summed E-state index contributed by atoms with van der Waals surface area (Å²) in [6, 6.07) is 87.8. The summed E-state index contributed by atoms with van der Waals surface area (Å²) >= 11 is 0. The summed E-state index contributed by atoms with van der Waals surface area (Å²) in [6.45, 7) is 9.62. The van der Waals surface area contributed by atoms with E-state index >= 15 is 0 Å². The fraction of sp³-hybridized carbons (Fsp3) is 0.0811. The third-order valence-electron chi connectivity index (χ3n) is 17.8. The van der Waals surface area contributed by atoms with E-state index < -0.39 is 0 Å². The maximum atomic E-state index is 2.47. The Hall–Kier alpha value is -8.84. The standard InChI is InChI=1S/C74H50/c1-73(2)65-39-53(43-11-15-45(16-12-43)57-31-23-51-21-19-47-7-5-9-49-25-37-63(57)71(51)69(47)49)27-33-59(65)61-35-29-55(41-67(61)73)56-30-36-62-60-34-28-54(40-66(60)74(3,4)68(62)42-56)44-13-17-46(18-14-44)58-32-24-52-22-20-48-8-6-10-50-26-38-64(58)72(52)70(48)50/h5-42H,1-4H3. The van der Waals surface area contributed by atoms with Gasteiger partial charge < -0.3 is 0 Å². The molecular formula is C74H50. The average Bonchev–Trinajstić information content (AvgIpc) is 3.86. The van der Waals surface area contributed by atoms with Crippen molar-refractivity contribution in [2.24, 2.45) is 0 Å². The minimum atomic E-state index is -0.152. The summed E-state index contributed by atoms with van der Waals surface area (Å²) in [7, 11) is 0. The number of hydrogen-bond acceptors (Lipinski definition) is 0. The topological polar surface area (TPSA) is 0 Å². The predicted molar refractivity (Wildman–Crippen MR) is 316 cm³/mol. The second-order valence-electron chi connectivity index (χ2n) is 22.4. The van der Waals surface area contributed by atoms with Crippen LogP contribution in [0.1, 0.15) is 49.9 Å². The fourth-order valence-electron chi connectivity index (χ4n) is 13.9. The average molecular weight is 939 g/mol. The van der Waals surface area contributed by atoms with Gasteiger partial charge in [0.1, 0.15) is 0 Å². The summed E-state index contributed by atoms with van der Waals surface area (Å²) in [5, 5.41) is 15.9. The first-order valence-electron chi connectivity index (χ1n) is 26.3. The summed E-state index contributed by atoms with van der Waals surface area (Å²) in [5.74, 6) is 0. The Morgan fingerprint density at radius 2 is 0.446 bits per heavy atom. The molecule has 0 heteroatoms. The minimum Gasteiger partial charge on any atom is -0.0610 e. The van der Waals surface area contributed by atoms with Gasteiger partial charge in [0.25, 0.3) is 0 Å². The van der Waals surface area contributed by atoms with Gasteiger partial charge >= 0.3 is 0 Å².